The molecule has 1 saturated heterocycles. The van der Waals surface area contributed by atoms with Crippen molar-refractivity contribution in [2.45, 2.75) is 59.3 Å². The summed E-state index contributed by atoms with van der Waals surface area (Å²) < 4.78 is 5.93. The largest absolute Gasteiger partial charge is 0.370 e. The molecule has 2 rings (SSSR count). The zero-order valence-electron chi connectivity index (χ0n) is 14.1. The number of ether oxygens (including phenoxy) is 1. The van der Waals surface area contributed by atoms with Crippen molar-refractivity contribution in [3.63, 3.8) is 0 Å². The van der Waals surface area contributed by atoms with Gasteiger partial charge in [-0.25, -0.2) is 0 Å². The second-order valence-electron chi connectivity index (χ2n) is 6.98. The van der Waals surface area contributed by atoms with Crippen LogP contribution in [0, 0.1) is 13.8 Å². The van der Waals surface area contributed by atoms with Gasteiger partial charge in [0.15, 0.2) is 5.78 Å². The number of aryl methyl sites for hydroxylation is 2. The molecule has 0 spiro atoms. The Labute approximate surface area is 128 Å². The molecule has 0 aliphatic carbocycles. The minimum atomic E-state index is -0.201. The van der Waals surface area contributed by atoms with E-state index in [1.807, 2.05) is 32.9 Å². The van der Waals surface area contributed by atoms with Crippen molar-refractivity contribution < 1.29 is 9.53 Å². The second kappa shape index (κ2) is 5.90. The van der Waals surface area contributed by atoms with Crippen LogP contribution in [0.3, 0.4) is 0 Å². The average molecular weight is 289 g/mol. The van der Waals surface area contributed by atoms with Crippen molar-refractivity contribution in [3.05, 3.63) is 34.9 Å². The third-order valence-electron chi connectivity index (χ3n) is 4.18. The zero-order valence-corrected chi connectivity index (χ0v) is 14.1. The van der Waals surface area contributed by atoms with Gasteiger partial charge in [-0.1, -0.05) is 17.7 Å². The molecule has 3 nitrogen and oxygen atoms in total. The number of Topliss-reactive ketones (excluding diaryl/α,β-unsaturated/α-hetero) is 1. The number of nitrogens with zero attached hydrogens (tertiary/aromatic N) is 1. The molecule has 0 N–H and O–H groups in total. The van der Waals surface area contributed by atoms with Crippen molar-refractivity contribution in [1.29, 1.82) is 0 Å². The Balaban J connectivity index is 2.21. The fourth-order valence-electron chi connectivity index (χ4n) is 3.19. The lowest BCUT2D eigenvalue weighted by atomic mass is 9.95. The van der Waals surface area contributed by atoms with Gasteiger partial charge in [-0.15, -0.1) is 0 Å². The molecule has 1 aliphatic rings. The molecular weight excluding hydrogens is 262 g/mol. The van der Waals surface area contributed by atoms with Crippen molar-refractivity contribution >= 4 is 5.78 Å². The molecule has 1 aromatic rings. The molecule has 0 saturated carbocycles. The van der Waals surface area contributed by atoms with E-state index in [0.717, 1.165) is 29.8 Å². The van der Waals surface area contributed by atoms with Gasteiger partial charge in [0.2, 0.25) is 0 Å². The minimum Gasteiger partial charge on any atom is -0.370 e. The van der Waals surface area contributed by atoms with Gasteiger partial charge in [0.25, 0.3) is 0 Å². The number of rotatable bonds is 3. The van der Waals surface area contributed by atoms with E-state index in [9.17, 15) is 4.79 Å². The number of hydrogen-bond acceptors (Lipinski definition) is 3. The van der Waals surface area contributed by atoms with E-state index in [2.05, 4.69) is 31.7 Å². The van der Waals surface area contributed by atoms with Crippen LogP contribution in [0.2, 0.25) is 0 Å². The number of benzene rings is 1. The van der Waals surface area contributed by atoms with Gasteiger partial charge in [0, 0.05) is 18.7 Å². The van der Waals surface area contributed by atoms with E-state index < -0.39 is 0 Å². The quantitative estimate of drug-likeness (QED) is 0.799. The SMILES string of the molecule is Cc1ccc(C)c(C(=O)C(C)N2CC(C)OC(C)(C)C2)c1. The number of morpholine rings is 1. The van der Waals surface area contributed by atoms with Crippen LogP contribution in [-0.4, -0.2) is 41.5 Å². The molecule has 3 heteroatoms. The van der Waals surface area contributed by atoms with Crippen molar-refractivity contribution in [1.82, 2.24) is 4.90 Å². The van der Waals surface area contributed by atoms with Gasteiger partial charge in [0.05, 0.1) is 17.7 Å². The highest BCUT2D eigenvalue weighted by atomic mass is 16.5. The summed E-state index contributed by atoms with van der Waals surface area (Å²) in [6, 6.07) is 5.97. The molecule has 1 aromatic carbocycles. The van der Waals surface area contributed by atoms with E-state index in [1.165, 1.54) is 0 Å². The summed E-state index contributed by atoms with van der Waals surface area (Å²) in [5.74, 6) is 0.209. The fourth-order valence-corrected chi connectivity index (χ4v) is 3.19. The molecule has 21 heavy (non-hydrogen) atoms. The predicted molar refractivity (Wildman–Crippen MR) is 85.9 cm³/mol. The van der Waals surface area contributed by atoms with Gasteiger partial charge in [0.1, 0.15) is 0 Å². The topological polar surface area (TPSA) is 29.5 Å². The van der Waals surface area contributed by atoms with Gasteiger partial charge >= 0.3 is 0 Å². The highest BCUT2D eigenvalue weighted by Crippen LogP contribution is 2.24. The molecule has 0 amide bonds. The maximum Gasteiger partial charge on any atom is 0.179 e. The van der Waals surface area contributed by atoms with Crippen LogP contribution in [0.15, 0.2) is 18.2 Å². The van der Waals surface area contributed by atoms with Crippen LogP contribution in [0.5, 0.6) is 0 Å². The van der Waals surface area contributed by atoms with Gasteiger partial charge in [-0.3, -0.25) is 9.69 Å². The number of carbonyl (C=O) groups is 1. The Kier molecular flexibility index (Phi) is 4.54. The average Bonchev–Trinajstić information content (AvgIpc) is 2.37. The van der Waals surface area contributed by atoms with E-state index in [4.69, 9.17) is 4.74 Å². The lowest BCUT2D eigenvalue weighted by molar-refractivity contribution is -0.133. The first-order valence-electron chi connectivity index (χ1n) is 7.73. The lowest BCUT2D eigenvalue weighted by Crippen LogP contribution is -2.56. The molecule has 0 bridgehead atoms. The van der Waals surface area contributed by atoms with E-state index in [1.54, 1.807) is 0 Å². The molecule has 2 atom stereocenters. The molecule has 0 aromatic heterocycles. The van der Waals surface area contributed by atoms with Crippen LogP contribution in [-0.2, 0) is 4.74 Å². The van der Waals surface area contributed by atoms with Crippen LogP contribution in [0.4, 0.5) is 0 Å². The normalized spacial score (nSPS) is 23.8. The van der Waals surface area contributed by atoms with Crippen molar-refractivity contribution in [3.8, 4) is 0 Å². The van der Waals surface area contributed by atoms with Crippen molar-refractivity contribution in [2.24, 2.45) is 0 Å². The first-order valence-corrected chi connectivity index (χ1v) is 7.73. The summed E-state index contributed by atoms with van der Waals surface area (Å²) in [4.78, 5) is 15.1. The number of hydrogen-bond donors (Lipinski definition) is 0. The Bertz CT molecular complexity index is 536. The molecule has 0 radical (unpaired) electrons. The Morgan fingerprint density at radius 3 is 2.67 bits per heavy atom. The maximum absolute atomic E-state index is 12.9. The molecule has 116 valence electrons. The smallest absolute Gasteiger partial charge is 0.179 e. The highest BCUT2D eigenvalue weighted by Gasteiger charge is 2.35. The second-order valence-corrected chi connectivity index (χ2v) is 6.98. The molecule has 1 aliphatic heterocycles. The van der Waals surface area contributed by atoms with Gasteiger partial charge in [-0.05, 0) is 53.2 Å². The molecule has 1 fully saturated rings. The third kappa shape index (κ3) is 3.72. The Morgan fingerprint density at radius 2 is 2.05 bits per heavy atom. The van der Waals surface area contributed by atoms with Gasteiger partial charge in [-0.2, -0.15) is 0 Å². The predicted octanol–water partition coefficient (Wildman–Crippen LogP) is 3.37. The number of ketones is 1. The standard InChI is InChI=1S/C18H27NO2/c1-12-7-8-13(2)16(9-12)17(20)15(4)19-10-14(3)21-18(5,6)11-19/h7-9,14-15H,10-11H2,1-6H3. The maximum atomic E-state index is 12.9. The summed E-state index contributed by atoms with van der Waals surface area (Å²) in [5.41, 5.74) is 2.83. The molecule has 2 unspecified atom stereocenters. The summed E-state index contributed by atoms with van der Waals surface area (Å²) in [6.45, 7) is 13.9. The summed E-state index contributed by atoms with van der Waals surface area (Å²) >= 11 is 0. The third-order valence-corrected chi connectivity index (χ3v) is 4.18. The van der Waals surface area contributed by atoms with Crippen molar-refractivity contribution in [2.75, 3.05) is 13.1 Å². The van der Waals surface area contributed by atoms with Crippen LogP contribution in [0.25, 0.3) is 0 Å². The van der Waals surface area contributed by atoms with E-state index >= 15 is 0 Å². The number of carbonyl (C=O) groups excluding carboxylic acids is 1. The Hall–Kier alpha value is -1.19. The Morgan fingerprint density at radius 1 is 1.38 bits per heavy atom. The molecule has 1 heterocycles. The van der Waals surface area contributed by atoms with E-state index in [0.29, 0.717) is 0 Å². The zero-order chi connectivity index (χ0) is 15.8. The monoisotopic (exact) mass is 289 g/mol. The summed E-state index contributed by atoms with van der Waals surface area (Å²) in [7, 11) is 0. The minimum absolute atomic E-state index is 0.115. The summed E-state index contributed by atoms with van der Waals surface area (Å²) in [6.07, 6.45) is 0.155. The van der Waals surface area contributed by atoms with E-state index in [-0.39, 0.29) is 23.5 Å². The summed E-state index contributed by atoms with van der Waals surface area (Å²) in [5, 5.41) is 0. The molecular formula is C18H27NO2. The first kappa shape index (κ1) is 16.2. The lowest BCUT2D eigenvalue weighted by Gasteiger charge is -2.44. The first-order chi connectivity index (χ1) is 9.69. The highest BCUT2D eigenvalue weighted by molar-refractivity contribution is 6.01. The van der Waals surface area contributed by atoms with Crippen LogP contribution in [0.1, 0.15) is 49.2 Å². The van der Waals surface area contributed by atoms with Gasteiger partial charge < -0.3 is 4.74 Å². The fraction of sp³-hybridized carbons (Fsp3) is 0.611. The van der Waals surface area contributed by atoms with Crippen LogP contribution < -0.4 is 0 Å². The van der Waals surface area contributed by atoms with Crippen LogP contribution >= 0.6 is 0 Å².